The number of primary amides is 1. The number of likely N-dealkylation sites (N-methyl/N-ethyl adjacent to an activating group) is 2. The highest BCUT2D eigenvalue weighted by atomic mass is 16.3. The van der Waals surface area contributed by atoms with Crippen LogP contribution in [0.1, 0.15) is 17.5 Å². The zero-order valence-electron chi connectivity index (χ0n) is 20.9. The molecule has 4 atom stereocenters. The van der Waals surface area contributed by atoms with Crippen LogP contribution in [0.3, 0.4) is 0 Å². The largest absolute Gasteiger partial charge is 0.508 e. The summed E-state index contributed by atoms with van der Waals surface area (Å²) in [5.74, 6) is -7.61. The highest BCUT2D eigenvalue weighted by Gasteiger charge is 2.64. The fourth-order valence-corrected chi connectivity index (χ4v) is 5.80. The number of Topliss-reactive ketones (excluding diaryl/α,β-unsaturated/α-hetero) is 2. The maximum atomic E-state index is 13.8. The number of aromatic hydroxyl groups is 1. The number of ketones is 2. The van der Waals surface area contributed by atoms with Gasteiger partial charge in [0, 0.05) is 11.5 Å². The van der Waals surface area contributed by atoms with Crippen LogP contribution in [0, 0.1) is 11.8 Å². The number of nitrogens with zero attached hydrogens (tertiary/aromatic N) is 2. The Morgan fingerprint density at radius 1 is 1.14 bits per heavy atom. The molecule has 0 heterocycles. The molecule has 2 unspecified atom stereocenters. The number of phenols is 1. The normalized spacial score (nSPS) is 27.3. The van der Waals surface area contributed by atoms with Crippen LogP contribution in [0.2, 0.25) is 0 Å². The summed E-state index contributed by atoms with van der Waals surface area (Å²) in [6.07, 6.45) is 0.182. The van der Waals surface area contributed by atoms with Gasteiger partial charge in [-0.05, 0) is 58.6 Å². The van der Waals surface area contributed by atoms with Gasteiger partial charge in [0.05, 0.1) is 23.8 Å². The summed E-state index contributed by atoms with van der Waals surface area (Å²) in [7, 11) is 6.47. The smallest absolute Gasteiger partial charge is 0.255 e. The number of hydrogen-bond acceptors (Lipinski definition) is 10. The molecular formula is C25H30N4O8. The quantitative estimate of drug-likeness (QED) is 0.220. The molecule has 0 saturated heterocycles. The summed E-state index contributed by atoms with van der Waals surface area (Å²) in [4.78, 5) is 54.2. The number of anilines is 1. The molecule has 3 aliphatic carbocycles. The third-order valence-electron chi connectivity index (χ3n) is 7.33. The molecule has 198 valence electrons. The van der Waals surface area contributed by atoms with Crippen LogP contribution in [0.4, 0.5) is 5.69 Å². The number of aliphatic hydroxyl groups excluding tert-OH is 2. The predicted molar refractivity (Wildman–Crippen MR) is 131 cm³/mol. The average molecular weight is 515 g/mol. The van der Waals surface area contributed by atoms with Crippen molar-refractivity contribution in [3.05, 3.63) is 40.2 Å². The maximum Gasteiger partial charge on any atom is 0.255 e. The van der Waals surface area contributed by atoms with Crippen LogP contribution < -0.4 is 11.1 Å². The number of rotatable bonds is 5. The number of carbonyl (C=O) groups is 4. The summed E-state index contributed by atoms with van der Waals surface area (Å²) in [5.41, 5.74) is 1.93. The Morgan fingerprint density at radius 3 is 2.35 bits per heavy atom. The van der Waals surface area contributed by atoms with E-state index >= 15 is 0 Å². The van der Waals surface area contributed by atoms with Gasteiger partial charge in [0.15, 0.2) is 11.4 Å². The van der Waals surface area contributed by atoms with Crippen molar-refractivity contribution in [3.63, 3.8) is 0 Å². The number of fused-ring (bicyclic) bond motifs is 3. The van der Waals surface area contributed by atoms with Crippen LogP contribution in [0.25, 0.3) is 5.76 Å². The maximum absolute atomic E-state index is 13.8. The first-order valence-electron chi connectivity index (χ1n) is 11.7. The first-order valence-corrected chi connectivity index (χ1v) is 11.7. The SMILES string of the molecule is CN(C)CC(=O)Nc1ccc2c(c1O)C(O)=C1C(=O)[C@@]3(O)C(O)=C(C(N)=O)C(=O)[C@H](N(C)C)C3CC1C2. The van der Waals surface area contributed by atoms with E-state index in [0.717, 1.165) is 0 Å². The molecule has 12 heteroatoms. The van der Waals surface area contributed by atoms with E-state index in [9.17, 15) is 39.6 Å². The molecule has 7 N–H and O–H groups in total. The minimum absolute atomic E-state index is 0.00778. The van der Waals surface area contributed by atoms with Crippen molar-refractivity contribution in [2.75, 3.05) is 40.1 Å². The third-order valence-corrected chi connectivity index (χ3v) is 7.33. The lowest BCUT2D eigenvalue weighted by molar-refractivity contribution is -0.153. The van der Waals surface area contributed by atoms with E-state index in [1.807, 2.05) is 0 Å². The minimum Gasteiger partial charge on any atom is -0.508 e. The molecule has 0 aliphatic heterocycles. The molecule has 12 nitrogen and oxygen atoms in total. The molecule has 0 aromatic heterocycles. The Morgan fingerprint density at radius 2 is 1.78 bits per heavy atom. The van der Waals surface area contributed by atoms with E-state index in [1.165, 1.54) is 25.1 Å². The first kappa shape index (κ1) is 26.3. The lowest BCUT2D eigenvalue weighted by Gasteiger charge is -2.50. The first-order chi connectivity index (χ1) is 17.2. The standard InChI is InChI=1S/C25H30N4O8/c1-28(2)9-14(30)27-13-6-5-10-7-11-8-12-18(29(3)4)21(33)17(24(26)36)23(35)25(12,37)22(34)16(11)20(32)15(10)19(13)31/h5-6,11-12,18,31-32,35,37H,7-9H2,1-4H3,(H2,26,36)(H,27,30)/t11?,12?,18-,25-/m1/s1. The van der Waals surface area contributed by atoms with Crippen molar-refractivity contribution < 1.29 is 39.6 Å². The monoisotopic (exact) mass is 514 g/mol. The second-order valence-electron chi connectivity index (χ2n) is 10.2. The predicted octanol–water partition coefficient (Wildman–Crippen LogP) is -0.536. The molecule has 0 bridgehead atoms. The van der Waals surface area contributed by atoms with E-state index in [2.05, 4.69) is 5.32 Å². The summed E-state index contributed by atoms with van der Waals surface area (Å²) in [5, 5.41) is 47.1. The molecular weight excluding hydrogens is 484 g/mol. The Bertz CT molecular complexity index is 1300. The van der Waals surface area contributed by atoms with Crippen LogP contribution >= 0.6 is 0 Å². The van der Waals surface area contributed by atoms with Gasteiger partial charge >= 0.3 is 0 Å². The Balaban J connectivity index is 1.86. The highest BCUT2D eigenvalue weighted by molar-refractivity contribution is 6.24. The average Bonchev–Trinajstić information content (AvgIpc) is 2.77. The molecule has 0 radical (unpaired) electrons. The Labute approximate surface area is 212 Å². The number of carbonyl (C=O) groups excluding carboxylic acids is 4. The number of hydrogen-bond donors (Lipinski definition) is 6. The molecule has 0 spiro atoms. The number of aliphatic hydroxyl groups is 3. The fraction of sp³-hybridized carbons (Fsp3) is 0.440. The van der Waals surface area contributed by atoms with Gasteiger partial charge in [-0.25, -0.2) is 0 Å². The van der Waals surface area contributed by atoms with Crippen LogP contribution in [-0.4, -0.2) is 100.0 Å². The van der Waals surface area contributed by atoms with Gasteiger partial charge in [-0.1, -0.05) is 6.07 Å². The Hall–Kier alpha value is -3.74. The summed E-state index contributed by atoms with van der Waals surface area (Å²) >= 11 is 0. The molecule has 1 aromatic carbocycles. The van der Waals surface area contributed by atoms with E-state index in [0.29, 0.717) is 5.56 Å². The van der Waals surface area contributed by atoms with Gasteiger partial charge in [0.25, 0.3) is 5.91 Å². The molecule has 37 heavy (non-hydrogen) atoms. The summed E-state index contributed by atoms with van der Waals surface area (Å²) in [6.45, 7) is 0.0398. The van der Waals surface area contributed by atoms with Crippen molar-refractivity contribution in [3.8, 4) is 5.75 Å². The lowest BCUT2D eigenvalue weighted by Crippen LogP contribution is -2.65. The van der Waals surface area contributed by atoms with Gasteiger partial charge in [0.2, 0.25) is 11.7 Å². The van der Waals surface area contributed by atoms with Crippen molar-refractivity contribution in [1.82, 2.24) is 9.80 Å². The molecule has 1 fully saturated rings. The second kappa shape index (κ2) is 8.98. The number of nitrogens with one attached hydrogen (secondary N) is 1. The lowest BCUT2D eigenvalue weighted by atomic mass is 9.57. The zero-order chi connectivity index (χ0) is 27.6. The van der Waals surface area contributed by atoms with E-state index in [1.54, 1.807) is 25.1 Å². The van der Waals surface area contributed by atoms with Crippen molar-refractivity contribution in [2.45, 2.75) is 24.5 Å². The molecule has 1 saturated carbocycles. The number of phenolic OH excluding ortho intramolecular Hbond substituents is 1. The molecule has 1 aromatic rings. The second-order valence-corrected chi connectivity index (χ2v) is 10.2. The van der Waals surface area contributed by atoms with Crippen molar-refractivity contribution >= 4 is 34.8 Å². The Kier molecular flexibility index (Phi) is 6.39. The van der Waals surface area contributed by atoms with Gasteiger partial charge in [-0.2, -0.15) is 0 Å². The van der Waals surface area contributed by atoms with Crippen molar-refractivity contribution in [2.24, 2.45) is 17.6 Å². The molecule has 3 aliphatic rings. The fourth-order valence-electron chi connectivity index (χ4n) is 5.80. The number of nitrogens with two attached hydrogens (primary N) is 1. The van der Waals surface area contributed by atoms with Gasteiger partial charge in [-0.3, -0.25) is 24.1 Å². The minimum atomic E-state index is -2.70. The summed E-state index contributed by atoms with van der Waals surface area (Å²) in [6, 6.07) is 1.96. The van der Waals surface area contributed by atoms with Gasteiger partial charge < -0.3 is 36.4 Å². The highest BCUT2D eigenvalue weighted by Crippen LogP contribution is 2.53. The van der Waals surface area contributed by atoms with Gasteiger partial charge in [-0.15, -0.1) is 0 Å². The third kappa shape index (κ3) is 3.88. The topological polar surface area (TPSA) is 194 Å². The van der Waals surface area contributed by atoms with Crippen LogP contribution in [0.15, 0.2) is 29.0 Å². The van der Waals surface area contributed by atoms with Gasteiger partial charge in [0.1, 0.15) is 22.8 Å². The number of benzene rings is 1. The summed E-state index contributed by atoms with van der Waals surface area (Å²) < 4.78 is 0. The van der Waals surface area contributed by atoms with Crippen LogP contribution in [-0.2, 0) is 25.6 Å². The van der Waals surface area contributed by atoms with E-state index in [-0.39, 0.29) is 36.2 Å². The zero-order valence-corrected chi connectivity index (χ0v) is 20.9. The van der Waals surface area contributed by atoms with Crippen molar-refractivity contribution in [1.29, 1.82) is 0 Å². The van der Waals surface area contributed by atoms with E-state index < -0.39 is 69.7 Å². The van der Waals surface area contributed by atoms with Crippen LogP contribution in [0.5, 0.6) is 5.75 Å². The molecule has 4 rings (SSSR count). The number of amides is 2. The molecule has 2 amide bonds. The van der Waals surface area contributed by atoms with E-state index in [4.69, 9.17) is 5.73 Å².